The van der Waals surface area contributed by atoms with Gasteiger partial charge in [0.15, 0.2) is 5.69 Å². The minimum absolute atomic E-state index is 0.0982. The number of anilines is 1. The van der Waals surface area contributed by atoms with Crippen molar-refractivity contribution in [3.8, 4) is 0 Å². The van der Waals surface area contributed by atoms with Crippen molar-refractivity contribution in [1.29, 1.82) is 0 Å². The zero-order valence-corrected chi connectivity index (χ0v) is 11.5. The number of nitrogens with one attached hydrogen (secondary N) is 1. The molecule has 0 aliphatic rings. The molecular weight excluding hydrogens is 294 g/mol. The van der Waals surface area contributed by atoms with Crippen LogP contribution >= 0.6 is 11.6 Å². The molecule has 106 valence electrons. The highest BCUT2D eigenvalue weighted by Gasteiger charge is 2.07. The Morgan fingerprint density at radius 1 is 1.24 bits per heavy atom. The van der Waals surface area contributed by atoms with Crippen molar-refractivity contribution in [2.45, 2.75) is 6.54 Å². The number of nitrogens with zero attached hydrogens (tertiary/aromatic N) is 2. The molecule has 3 aromatic rings. The zero-order valence-electron chi connectivity index (χ0n) is 10.7. The van der Waals surface area contributed by atoms with Crippen LogP contribution in [0.3, 0.4) is 0 Å². The molecule has 7 heteroatoms. The molecule has 0 aliphatic carbocycles. The smallest absolute Gasteiger partial charge is 0.356 e. The number of rotatable bonds is 4. The van der Waals surface area contributed by atoms with Gasteiger partial charge in [0, 0.05) is 10.4 Å². The van der Waals surface area contributed by atoms with E-state index in [2.05, 4.69) is 15.5 Å². The van der Waals surface area contributed by atoms with Crippen LogP contribution in [-0.4, -0.2) is 21.3 Å². The second-order valence-electron chi connectivity index (χ2n) is 4.36. The third-order valence-corrected chi connectivity index (χ3v) is 3.09. The molecule has 0 saturated heterocycles. The fourth-order valence-electron chi connectivity index (χ4n) is 1.87. The largest absolute Gasteiger partial charge is 0.476 e. The first-order chi connectivity index (χ1) is 10.1. The molecule has 0 atom stereocenters. The molecule has 3 rings (SSSR count). The van der Waals surface area contributed by atoms with Crippen LogP contribution < -0.4 is 5.32 Å². The molecule has 0 spiro atoms. The van der Waals surface area contributed by atoms with Crippen LogP contribution in [0.2, 0.25) is 5.02 Å². The topological polar surface area (TPSA) is 88.2 Å². The van der Waals surface area contributed by atoms with Crippen molar-refractivity contribution in [2.24, 2.45) is 0 Å². The zero-order chi connectivity index (χ0) is 14.8. The molecule has 0 aliphatic heterocycles. The van der Waals surface area contributed by atoms with E-state index >= 15 is 0 Å². The Kier molecular flexibility index (Phi) is 3.45. The summed E-state index contributed by atoms with van der Waals surface area (Å²) in [4.78, 5) is 10.7. The number of aromatic nitrogens is 2. The standard InChI is InChI=1S/C14H10ClN3O3/c15-9-1-3-12-8(5-9)6-10(21-12)7-16-13-4-2-11(14(19)20)17-18-13/h1-6H,7H2,(H,16,18)(H,19,20). The van der Waals surface area contributed by atoms with Gasteiger partial charge in [0.25, 0.3) is 0 Å². The van der Waals surface area contributed by atoms with E-state index in [1.54, 1.807) is 12.1 Å². The molecule has 0 radical (unpaired) electrons. The molecular formula is C14H10ClN3O3. The Hall–Kier alpha value is -2.60. The third-order valence-electron chi connectivity index (χ3n) is 2.86. The maximum Gasteiger partial charge on any atom is 0.356 e. The first kappa shape index (κ1) is 13.4. The minimum atomic E-state index is -1.11. The van der Waals surface area contributed by atoms with E-state index in [0.717, 1.165) is 16.7 Å². The normalized spacial score (nSPS) is 10.7. The third kappa shape index (κ3) is 2.95. The first-order valence-electron chi connectivity index (χ1n) is 6.11. The molecule has 21 heavy (non-hydrogen) atoms. The number of halogens is 1. The van der Waals surface area contributed by atoms with E-state index in [1.165, 1.54) is 6.07 Å². The van der Waals surface area contributed by atoms with Gasteiger partial charge in [-0.25, -0.2) is 4.79 Å². The van der Waals surface area contributed by atoms with Gasteiger partial charge >= 0.3 is 5.97 Å². The lowest BCUT2D eigenvalue weighted by molar-refractivity contribution is 0.0689. The van der Waals surface area contributed by atoms with Crippen LogP contribution in [0.25, 0.3) is 11.0 Å². The van der Waals surface area contributed by atoms with Crippen molar-refractivity contribution in [1.82, 2.24) is 10.2 Å². The summed E-state index contributed by atoms with van der Waals surface area (Å²) >= 11 is 5.92. The van der Waals surface area contributed by atoms with Crippen LogP contribution in [0.4, 0.5) is 5.82 Å². The molecule has 2 heterocycles. The number of aromatic carboxylic acids is 1. The van der Waals surface area contributed by atoms with Crippen molar-refractivity contribution in [2.75, 3.05) is 5.32 Å². The number of benzene rings is 1. The summed E-state index contributed by atoms with van der Waals surface area (Å²) < 4.78 is 5.64. The fourth-order valence-corrected chi connectivity index (χ4v) is 2.06. The van der Waals surface area contributed by atoms with E-state index in [-0.39, 0.29) is 5.69 Å². The van der Waals surface area contributed by atoms with E-state index in [4.69, 9.17) is 21.1 Å². The summed E-state index contributed by atoms with van der Waals surface area (Å²) in [6, 6.07) is 10.2. The fraction of sp³-hybridized carbons (Fsp3) is 0.0714. The van der Waals surface area contributed by atoms with Gasteiger partial charge in [-0.15, -0.1) is 10.2 Å². The average Bonchev–Trinajstić information content (AvgIpc) is 2.87. The number of carboxylic acid groups (broad SMARTS) is 1. The molecule has 2 aromatic heterocycles. The lowest BCUT2D eigenvalue weighted by Gasteiger charge is -2.02. The van der Waals surface area contributed by atoms with Crippen LogP contribution in [0.5, 0.6) is 0 Å². The van der Waals surface area contributed by atoms with Crippen molar-refractivity contribution < 1.29 is 14.3 Å². The second kappa shape index (κ2) is 5.41. The summed E-state index contributed by atoms with van der Waals surface area (Å²) in [6.45, 7) is 0.410. The lowest BCUT2D eigenvalue weighted by Crippen LogP contribution is -2.05. The van der Waals surface area contributed by atoms with Crippen LogP contribution in [-0.2, 0) is 6.54 Å². The van der Waals surface area contributed by atoms with Crippen LogP contribution in [0, 0.1) is 0 Å². The lowest BCUT2D eigenvalue weighted by atomic mass is 10.2. The number of hydrogen-bond acceptors (Lipinski definition) is 5. The molecule has 0 fully saturated rings. The van der Waals surface area contributed by atoms with Gasteiger partial charge in [0.2, 0.25) is 0 Å². The average molecular weight is 304 g/mol. The Bertz CT molecular complexity index is 799. The molecule has 1 aromatic carbocycles. The highest BCUT2D eigenvalue weighted by molar-refractivity contribution is 6.31. The Balaban J connectivity index is 1.72. The van der Waals surface area contributed by atoms with E-state index < -0.39 is 5.97 Å². The number of carboxylic acids is 1. The minimum Gasteiger partial charge on any atom is -0.476 e. The number of carbonyl (C=O) groups is 1. The predicted octanol–water partition coefficient (Wildman–Crippen LogP) is 3.19. The van der Waals surface area contributed by atoms with Gasteiger partial charge in [0.05, 0.1) is 6.54 Å². The molecule has 0 unspecified atom stereocenters. The molecule has 2 N–H and O–H groups in total. The highest BCUT2D eigenvalue weighted by atomic mass is 35.5. The van der Waals surface area contributed by atoms with Gasteiger partial charge in [-0.1, -0.05) is 11.6 Å². The molecule has 0 saturated carbocycles. The van der Waals surface area contributed by atoms with Gasteiger partial charge in [-0.2, -0.15) is 0 Å². The van der Waals surface area contributed by atoms with Crippen LogP contribution in [0.15, 0.2) is 40.8 Å². The van der Waals surface area contributed by atoms with Crippen molar-refractivity contribution in [3.05, 3.63) is 52.9 Å². The summed E-state index contributed by atoms with van der Waals surface area (Å²) in [5.74, 6) is 0.0816. The summed E-state index contributed by atoms with van der Waals surface area (Å²) in [5, 5.41) is 20.7. The first-order valence-corrected chi connectivity index (χ1v) is 6.48. The van der Waals surface area contributed by atoms with E-state index in [9.17, 15) is 4.79 Å². The highest BCUT2D eigenvalue weighted by Crippen LogP contribution is 2.23. The predicted molar refractivity (Wildman–Crippen MR) is 77.5 cm³/mol. The molecule has 0 bridgehead atoms. The quantitative estimate of drug-likeness (QED) is 0.769. The summed E-state index contributed by atoms with van der Waals surface area (Å²) in [7, 11) is 0. The van der Waals surface area contributed by atoms with Crippen molar-refractivity contribution >= 4 is 34.4 Å². The van der Waals surface area contributed by atoms with Gasteiger partial charge < -0.3 is 14.8 Å². The molecule has 0 amide bonds. The van der Waals surface area contributed by atoms with Gasteiger partial charge in [-0.3, -0.25) is 0 Å². The second-order valence-corrected chi connectivity index (χ2v) is 4.79. The maximum atomic E-state index is 10.7. The summed E-state index contributed by atoms with van der Waals surface area (Å²) in [5.41, 5.74) is 0.655. The monoisotopic (exact) mass is 303 g/mol. The summed E-state index contributed by atoms with van der Waals surface area (Å²) in [6.07, 6.45) is 0. The Morgan fingerprint density at radius 3 is 2.81 bits per heavy atom. The van der Waals surface area contributed by atoms with Crippen molar-refractivity contribution in [3.63, 3.8) is 0 Å². The number of fused-ring (bicyclic) bond motifs is 1. The maximum absolute atomic E-state index is 10.7. The van der Waals surface area contributed by atoms with Gasteiger partial charge in [0.1, 0.15) is 17.2 Å². The number of furan rings is 1. The Labute approximate surface area is 124 Å². The number of hydrogen-bond donors (Lipinski definition) is 2. The van der Waals surface area contributed by atoms with Crippen LogP contribution in [0.1, 0.15) is 16.2 Å². The SMILES string of the molecule is O=C(O)c1ccc(NCc2cc3cc(Cl)ccc3o2)nn1. The molecule has 6 nitrogen and oxygen atoms in total. The Morgan fingerprint density at radius 2 is 2.10 bits per heavy atom. The van der Waals surface area contributed by atoms with E-state index in [1.807, 2.05) is 18.2 Å². The van der Waals surface area contributed by atoms with E-state index in [0.29, 0.717) is 17.4 Å². The van der Waals surface area contributed by atoms with Gasteiger partial charge in [-0.05, 0) is 36.4 Å².